The minimum absolute atomic E-state index is 0.0765. The molecule has 2 aromatic carbocycles. The molecule has 6 heteroatoms. The molecule has 1 amide bonds. The van der Waals surface area contributed by atoms with E-state index >= 15 is 0 Å². The zero-order chi connectivity index (χ0) is 19.2. The van der Waals surface area contributed by atoms with Crippen LogP contribution in [0.3, 0.4) is 0 Å². The molecule has 1 aliphatic rings. The quantitative estimate of drug-likeness (QED) is 0.387. The van der Waals surface area contributed by atoms with Crippen LogP contribution in [-0.2, 0) is 16.8 Å². The van der Waals surface area contributed by atoms with Gasteiger partial charge < -0.3 is 9.64 Å². The van der Waals surface area contributed by atoms with Crippen LogP contribution in [0.25, 0.3) is 11.1 Å². The van der Waals surface area contributed by atoms with Crippen molar-refractivity contribution in [2.75, 3.05) is 12.0 Å². The molecule has 1 aromatic heterocycles. The van der Waals surface area contributed by atoms with Gasteiger partial charge in [0.25, 0.3) is 0 Å². The van der Waals surface area contributed by atoms with Gasteiger partial charge in [-0.3, -0.25) is 4.79 Å². The Morgan fingerprint density at radius 3 is 2.52 bits per heavy atom. The number of carbonyl (C=O) groups excluding carboxylic acids is 1. The highest BCUT2D eigenvalue weighted by molar-refractivity contribution is 7.80. The fraction of sp³-hybridized carbons (Fsp3) is 0.238. The number of nitrogens with zero attached hydrogens (tertiary/aromatic N) is 1. The predicted molar refractivity (Wildman–Crippen MR) is 116 cm³/mol. The number of benzene rings is 2. The fourth-order valence-corrected chi connectivity index (χ4v) is 6.90. The van der Waals surface area contributed by atoms with Crippen molar-refractivity contribution < 1.29 is 9.53 Å². The van der Waals surface area contributed by atoms with Gasteiger partial charge in [-0.1, -0.05) is 63.2 Å². The van der Waals surface area contributed by atoms with E-state index in [0.717, 1.165) is 32.0 Å². The van der Waals surface area contributed by atoms with Gasteiger partial charge in [0.1, 0.15) is 9.57 Å². The predicted octanol–water partition coefficient (Wildman–Crippen LogP) is 6.04. The Bertz CT molecular complexity index is 1060. The maximum absolute atomic E-state index is 13.4. The van der Waals surface area contributed by atoms with Gasteiger partial charge in [0.2, 0.25) is 5.91 Å². The summed E-state index contributed by atoms with van der Waals surface area (Å²) in [6.45, 7) is 4.21. The van der Waals surface area contributed by atoms with Crippen LogP contribution in [0.2, 0.25) is 0 Å². The number of methoxy groups -OCH3 is 1. The van der Waals surface area contributed by atoms with Crippen LogP contribution in [0.4, 0.5) is 5.69 Å². The monoisotopic (exact) mass is 413 g/mol. The summed E-state index contributed by atoms with van der Waals surface area (Å²) in [7, 11) is 4.93. The van der Waals surface area contributed by atoms with Crippen LogP contribution in [-0.4, -0.2) is 13.0 Å². The molecule has 0 unspecified atom stereocenters. The minimum atomic E-state index is -0.439. The van der Waals surface area contributed by atoms with Crippen molar-refractivity contribution >= 4 is 44.5 Å². The van der Waals surface area contributed by atoms with Crippen molar-refractivity contribution in [3.63, 3.8) is 0 Å². The van der Waals surface area contributed by atoms with E-state index in [2.05, 4.69) is 19.9 Å². The van der Waals surface area contributed by atoms with Crippen molar-refractivity contribution in [1.82, 2.24) is 0 Å². The summed E-state index contributed by atoms with van der Waals surface area (Å²) in [5.41, 5.74) is 3.64. The lowest BCUT2D eigenvalue weighted by Crippen LogP contribution is -2.48. The zero-order valence-electron chi connectivity index (χ0n) is 15.3. The lowest BCUT2D eigenvalue weighted by atomic mass is 9.87. The van der Waals surface area contributed by atoms with Crippen LogP contribution in [0, 0.1) is 3.82 Å². The zero-order valence-corrected chi connectivity index (χ0v) is 17.8. The molecule has 0 radical (unpaired) electrons. The Labute approximate surface area is 171 Å². The van der Waals surface area contributed by atoms with E-state index in [1.807, 2.05) is 47.4 Å². The number of para-hydroxylation sites is 1. The largest absolute Gasteiger partial charge is 0.497 e. The summed E-state index contributed by atoms with van der Waals surface area (Å²) in [6.07, 6.45) is 0.340. The standard InChI is InChI=1S/C21H19NO2S3/c1-21(2)19-18(20(25)27-26-19)15-6-4-5-7-16(15)22(21)17(23)12-13-8-10-14(24-3)11-9-13/h4-11H,12H2,1-3H3. The first-order valence-electron chi connectivity index (χ1n) is 8.62. The van der Waals surface area contributed by atoms with E-state index < -0.39 is 5.54 Å². The van der Waals surface area contributed by atoms with Gasteiger partial charge in [-0.25, -0.2) is 0 Å². The molecule has 3 nitrogen and oxygen atoms in total. The molecular formula is C21H19NO2S3. The third-order valence-corrected chi connectivity index (χ3v) is 8.25. The number of ether oxygens (including phenoxy) is 1. The van der Waals surface area contributed by atoms with Crippen LogP contribution in [0.5, 0.6) is 5.75 Å². The normalized spacial score (nSPS) is 14.4. The highest BCUT2D eigenvalue weighted by Gasteiger charge is 2.42. The van der Waals surface area contributed by atoms with E-state index in [-0.39, 0.29) is 5.91 Å². The third kappa shape index (κ3) is 3.02. The molecule has 3 aromatic rings. The Balaban J connectivity index is 1.77. The fourth-order valence-electron chi connectivity index (χ4n) is 3.62. The topological polar surface area (TPSA) is 29.5 Å². The van der Waals surface area contributed by atoms with Crippen LogP contribution in [0.15, 0.2) is 48.5 Å². The molecule has 1 aliphatic heterocycles. The van der Waals surface area contributed by atoms with Crippen LogP contribution >= 0.6 is 32.9 Å². The van der Waals surface area contributed by atoms with Gasteiger partial charge in [0.15, 0.2) is 0 Å². The third-order valence-electron chi connectivity index (χ3n) is 4.92. The van der Waals surface area contributed by atoms with Crippen LogP contribution in [0.1, 0.15) is 24.3 Å². The van der Waals surface area contributed by atoms with E-state index in [9.17, 15) is 4.79 Å². The van der Waals surface area contributed by atoms with Gasteiger partial charge in [0, 0.05) is 11.1 Å². The van der Waals surface area contributed by atoms with Crippen molar-refractivity contribution in [2.24, 2.45) is 0 Å². The molecule has 138 valence electrons. The molecular weight excluding hydrogens is 394 g/mol. The Morgan fingerprint density at radius 1 is 1.11 bits per heavy atom. The molecule has 0 saturated carbocycles. The Kier molecular flexibility index (Phi) is 4.66. The second-order valence-electron chi connectivity index (χ2n) is 6.99. The van der Waals surface area contributed by atoms with E-state index in [1.165, 1.54) is 4.88 Å². The lowest BCUT2D eigenvalue weighted by Gasteiger charge is -2.43. The number of carbonyl (C=O) groups is 1. The molecule has 0 atom stereocenters. The smallest absolute Gasteiger partial charge is 0.232 e. The second kappa shape index (κ2) is 6.86. The molecule has 27 heavy (non-hydrogen) atoms. The summed E-state index contributed by atoms with van der Waals surface area (Å²) < 4.78 is 6.11. The first kappa shape index (κ1) is 18.3. The first-order valence-corrected chi connectivity index (χ1v) is 11.2. The summed E-state index contributed by atoms with van der Waals surface area (Å²) in [4.78, 5) is 16.5. The minimum Gasteiger partial charge on any atom is -0.497 e. The van der Waals surface area contributed by atoms with Crippen molar-refractivity contribution in [3.05, 3.63) is 62.8 Å². The van der Waals surface area contributed by atoms with Gasteiger partial charge in [-0.2, -0.15) is 0 Å². The maximum Gasteiger partial charge on any atom is 0.232 e. The van der Waals surface area contributed by atoms with Crippen molar-refractivity contribution in [2.45, 2.75) is 25.8 Å². The number of amides is 1. The summed E-state index contributed by atoms with van der Waals surface area (Å²) in [6, 6.07) is 15.7. The molecule has 4 rings (SSSR count). The average molecular weight is 414 g/mol. The van der Waals surface area contributed by atoms with Gasteiger partial charge in [0.05, 0.1) is 29.6 Å². The Hall–Kier alpha value is -2.02. The van der Waals surface area contributed by atoms with Gasteiger partial charge >= 0.3 is 0 Å². The Morgan fingerprint density at radius 2 is 1.81 bits per heavy atom. The highest BCUT2D eigenvalue weighted by atomic mass is 32.9. The number of rotatable bonds is 3. The molecule has 2 heterocycles. The van der Waals surface area contributed by atoms with Crippen LogP contribution < -0.4 is 9.64 Å². The van der Waals surface area contributed by atoms with Crippen molar-refractivity contribution in [1.29, 1.82) is 0 Å². The highest BCUT2D eigenvalue weighted by Crippen LogP contribution is 2.52. The molecule has 0 aliphatic carbocycles. The number of anilines is 1. The molecule has 0 saturated heterocycles. The summed E-state index contributed by atoms with van der Waals surface area (Å²) in [5, 5.41) is 0. The summed E-state index contributed by atoms with van der Waals surface area (Å²) in [5.74, 6) is 0.866. The molecule has 0 fully saturated rings. The number of fused-ring (bicyclic) bond motifs is 3. The van der Waals surface area contributed by atoms with Gasteiger partial charge in [-0.05, 0) is 37.6 Å². The lowest BCUT2D eigenvalue weighted by molar-refractivity contribution is -0.119. The number of hydrogen-bond acceptors (Lipinski definition) is 5. The van der Waals surface area contributed by atoms with Gasteiger partial charge in [-0.15, -0.1) is 0 Å². The van der Waals surface area contributed by atoms with Crippen molar-refractivity contribution in [3.8, 4) is 16.9 Å². The number of hydrogen-bond donors (Lipinski definition) is 0. The molecule has 0 bridgehead atoms. The van der Waals surface area contributed by atoms with E-state index in [1.54, 1.807) is 27.8 Å². The molecule has 0 N–H and O–H groups in total. The SMILES string of the molecule is COc1ccc(CC(=O)N2c3ccccc3-c3c(ssc3=S)C2(C)C)cc1. The van der Waals surface area contributed by atoms with E-state index in [0.29, 0.717) is 6.42 Å². The maximum atomic E-state index is 13.4. The summed E-state index contributed by atoms with van der Waals surface area (Å²) >= 11 is 5.60. The first-order chi connectivity index (χ1) is 12.9. The van der Waals surface area contributed by atoms with E-state index in [4.69, 9.17) is 17.0 Å². The molecule has 0 spiro atoms. The second-order valence-corrected chi connectivity index (χ2v) is 9.80. The average Bonchev–Trinajstić information content (AvgIpc) is 3.05.